The lowest BCUT2D eigenvalue weighted by Crippen LogP contribution is -2.35. The first-order valence-corrected chi connectivity index (χ1v) is 8.94. The van der Waals surface area contributed by atoms with Crippen LogP contribution in [0.3, 0.4) is 0 Å². The van der Waals surface area contributed by atoms with E-state index in [0.717, 1.165) is 17.3 Å². The Labute approximate surface area is 125 Å². The Morgan fingerprint density at radius 3 is 2.32 bits per heavy atom. The fraction of sp³-hybridized carbons (Fsp3) is 0.571. The van der Waals surface area contributed by atoms with Crippen LogP contribution in [0.5, 0.6) is 0 Å². The van der Waals surface area contributed by atoms with Crippen LogP contribution in [0.4, 0.5) is 0 Å². The van der Waals surface area contributed by atoms with Gasteiger partial charge in [-0.05, 0) is 24.1 Å². The zero-order chi connectivity index (χ0) is 14.5. The molecule has 0 saturated heterocycles. The summed E-state index contributed by atoms with van der Waals surface area (Å²) >= 11 is 3.32. The topological polar surface area (TPSA) is 37.4 Å². The highest BCUT2D eigenvalue weighted by atomic mass is 79.9. The Bertz CT molecular complexity index is 498. The normalized spacial score (nSPS) is 12.3. The van der Waals surface area contributed by atoms with Gasteiger partial charge in [0.2, 0.25) is 10.0 Å². The van der Waals surface area contributed by atoms with Crippen molar-refractivity contribution in [2.24, 2.45) is 5.92 Å². The molecule has 0 spiro atoms. The van der Waals surface area contributed by atoms with Crippen LogP contribution in [0.2, 0.25) is 0 Å². The summed E-state index contributed by atoms with van der Waals surface area (Å²) in [6.07, 6.45) is 2.00. The van der Waals surface area contributed by atoms with Gasteiger partial charge in [0.25, 0.3) is 0 Å². The van der Waals surface area contributed by atoms with Crippen molar-refractivity contribution in [3.8, 4) is 0 Å². The lowest BCUT2D eigenvalue weighted by Gasteiger charge is -2.24. The van der Waals surface area contributed by atoms with Crippen molar-refractivity contribution < 1.29 is 8.42 Å². The fourth-order valence-electron chi connectivity index (χ4n) is 2.01. The van der Waals surface area contributed by atoms with Gasteiger partial charge in [0.1, 0.15) is 0 Å². The van der Waals surface area contributed by atoms with Gasteiger partial charge < -0.3 is 0 Å². The van der Waals surface area contributed by atoms with E-state index in [1.165, 1.54) is 0 Å². The van der Waals surface area contributed by atoms with Gasteiger partial charge in [-0.3, -0.25) is 0 Å². The fourth-order valence-corrected chi connectivity index (χ4v) is 4.13. The van der Waals surface area contributed by atoms with Crippen LogP contribution in [0.15, 0.2) is 33.6 Å². The predicted octanol–water partition coefficient (Wildman–Crippen LogP) is 3.90. The van der Waals surface area contributed by atoms with E-state index in [9.17, 15) is 8.42 Å². The summed E-state index contributed by atoms with van der Waals surface area (Å²) in [5, 5.41) is 0. The first-order chi connectivity index (χ1) is 8.95. The summed E-state index contributed by atoms with van der Waals surface area (Å²) in [6.45, 7) is 7.20. The molecule has 0 fully saturated rings. The molecule has 1 rings (SSSR count). The summed E-state index contributed by atoms with van der Waals surface area (Å²) in [5.74, 6) is 0.418. The Balaban J connectivity index is 3.02. The number of hydrogen-bond acceptors (Lipinski definition) is 2. The third-order valence-electron chi connectivity index (χ3n) is 3.40. The molecule has 108 valence electrons. The van der Waals surface area contributed by atoms with E-state index >= 15 is 0 Å². The van der Waals surface area contributed by atoms with Crippen molar-refractivity contribution in [1.29, 1.82) is 0 Å². The van der Waals surface area contributed by atoms with Crippen LogP contribution in [0, 0.1) is 5.92 Å². The van der Waals surface area contributed by atoms with Crippen LogP contribution >= 0.6 is 15.9 Å². The SMILES string of the molecule is CCC(CC)CN(CC)S(=O)(=O)c1cccc(Br)c1. The van der Waals surface area contributed by atoms with E-state index in [4.69, 9.17) is 0 Å². The van der Waals surface area contributed by atoms with E-state index < -0.39 is 10.0 Å². The Kier molecular flexibility index (Phi) is 6.50. The van der Waals surface area contributed by atoms with E-state index in [-0.39, 0.29) is 0 Å². The zero-order valence-corrected chi connectivity index (χ0v) is 14.2. The van der Waals surface area contributed by atoms with Crippen molar-refractivity contribution in [1.82, 2.24) is 4.31 Å². The minimum absolute atomic E-state index is 0.356. The Morgan fingerprint density at radius 2 is 1.84 bits per heavy atom. The van der Waals surface area contributed by atoms with Gasteiger partial charge in [0.05, 0.1) is 4.90 Å². The minimum atomic E-state index is -3.39. The highest BCUT2D eigenvalue weighted by molar-refractivity contribution is 9.10. The van der Waals surface area contributed by atoms with Crippen LogP contribution in [-0.4, -0.2) is 25.8 Å². The van der Waals surface area contributed by atoms with Crippen LogP contribution in [-0.2, 0) is 10.0 Å². The van der Waals surface area contributed by atoms with Gasteiger partial charge >= 0.3 is 0 Å². The molecule has 5 heteroatoms. The third kappa shape index (κ3) is 4.29. The van der Waals surface area contributed by atoms with E-state index in [0.29, 0.717) is 23.9 Å². The average Bonchev–Trinajstić information content (AvgIpc) is 2.40. The molecule has 0 saturated carbocycles. The van der Waals surface area contributed by atoms with Crippen LogP contribution < -0.4 is 0 Å². The monoisotopic (exact) mass is 347 g/mol. The van der Waals surface area contributed by atoms with Gasteiger partial charge in [0.15, 0.2) is 0 Å². The molecule has 0 unspecified atom stereocenters. The van der Waals surface area contributed by atoms with E-state index in [1.54, 1.807) is 22.5 Å². The molecule has 0 N–H and O–H groups in total. The van der Waals surface area contributed by atoms with Crippen molar-refractivity contribution >= 4 is 26.0 Å². The molecule has 0 aliphatic rings. The number of nitrogens with zero attached hydrogens (tertiary/aromatic N) is 1. The first-order valence-electron chi connectivity index (χ1n) is 6.71. The number of rotatable bonds is 7. The smallest absolute Gasteiger partial charge is 0.207 e. The number of hydrogen-bond donors (Lipinski definition) is 0. The second kappa shape index (κ2) is 7.41. The van der Waals surface area contributed by atoms with Gasteiger partial charge in [-0.2, -0.15) is 4.31 Å². The molecule has 19 heavy (non-hydrogen) atoms. The van der Waals surface area contributed by atoms with Gasteiger partial charge in [-0.25, -0.2) is 8.42 Å². The maximum atomic E-state index is 12.6. The molecular formula is C14H22BrNO2S. The van der Waals surface area contributed by atoms with Crippen molar-refractivity contribution in [2.75, 3.05) is 13.1 Å². The molecule has 0 amide bonds. The molecular weight excluding hydrogens is 326 g/mol. The maximum absolute atomic E-state index is 12.6. The molecule has 0 aliphatic heterocycles. The molecule has 0 aliphatic carbocycles. The minimum Gasteiger partial charge on any atom is -0.207 e. The second-order valence-electron chi connectivity index (χ2n) is 4.60. The summed E-state index contributed by atoms with van der Waals surface area (Å²) in [4.78, 5) is 0.356. The summed E-state index contributed by atoms with van der Waals surface area (Å²) in [5.41, 5.74) is 0. The molecule has 1 aromatic rings. The Morgan fingerprint density at radius 1 is 1.21 bits per heavy atom. The molecule has 0 radical (unpaired) electrons. The number of sulfonamides is 1. The van der Waals surface area contributed by atoms with Crippen LogP contribution in [0.1, 0.15) is 33.6 Å². The molecule has 0 aromatic heterocycles. The predicted molar refractivity (Wildman–Crippen MR) is 82.6 cm³/mol. The van der Waals surface area contributed by atoms with Gasteiger partial charge in [0, 0.05) is 17.6 Å². The van der Waals surface area contributed by atoms with E-state index in [2.05, 4.69) is 29.8 Å². The molecule has 1 aromatic carbocycles. The third-order valence-corrected chi connectivity index (χ3v) is 5.83. The van der Waals surface area contributed by atoms with Crippen molar-refractivity contribution in [3.63, 3.8) is 0 Å². The van der Waals surface area contributed by atoms with E-state index in [1.807, 2.05) is 13.0 Å². The first kappa shape index (κ1) is 16.7. The standard InChI is InChI=1S/C14H22BrNO2S/c1-4-12(5-2)11-16(6-3)19(17,18)14-9-7-8-13(15)10-14/h7-10,12H,4-6,11H2,1-3H3. The molecule has 0 atom stereocenters. The van der Waals surface area contributed by atoms with Gasteiger partial charge in [-0.1, -0.05) is 55.6 Å². The maximum Gasteiger partial charge on any atom is 0.243 e. The van der Waals surface area contributed by atoms with Crippen molar-refractivity contribution in [2.45, 2.75) is 38.5 Å². The molecule has 3 nitrogen and oxygen atoms in total. The lowest BCUT2D eigenvalue weighted by molar-refractivity contribution is 0.339. The quantitative estimate of drug-likeness (QED) is 0.750. The molecule has 0 heterocycles. The average molecular weight is 348 g/mol. The Hall–Kier alpha value is -0.390. The second-order valence-corrected chi connectivity index (χ2v) is 7.45. The highest BCUT2D eigenvalue weighted by Crippen LogP contribution is 2.22. The lowest BCUT2D eigenvalue weighted by atomic mass is 10.0. The number of halogens is 1. The van der Waals surface area contributed by atoms with Crippen molar-refractivity contribution in [3.05, 3.63) is 28.7 Å². The number of benzene rings is 1. The largest absolute Gasteiger partial charge is 0.243 e. The van der Waals surface area contributed by atoms with Crippen LogP contribution in [0.25, 0.3) is 0 Å². The summed E-state index contributed by atoms with van der Waals surface area (Å²) in [7, 11) is -3.39. The zero-order valence-electron chi connectivity index (χ0n) is 11.8. The molecule has 0 bridgehead atoms. The highest BCUT2D eigenvalue weighted by Gasteiger charge is 2.24. The summed E-state index contributed by atoms with van der Waals surface area (Å²) in [6, 6.07) is 6.89. The van der Waals surface area contributed by atoms with Gasteiger partial charge in [-0.15, -0.1) is 0 Å². The summed E-state index contributed by atoms with van der Waals surface area (Å²) < 4.78 is 27.5.